The Hall–Kier alpha value is -7.08. The second-order valence-electron chi connectivity index (χ2n) is 13.8. The summed E-state index contributed by atoms with van der Waals surface area (Å²) in [6.45, 7) is 0. The first-order valence-electron chi connectivity index (χ1n) is 18.4. The van der Waals surface area contributed by atoms with Crippen molar-refractivity contribution in [3.05, 3.63) is 188 Å². The molecule has 0 aliphatic carbocycles. The molecular weight excluding hydrogens is 691 g/mol. The number of benzene rings is 8. The molecule has 0 bridgehead atoms. The van der Waals surface area contributed by atoms with E-state index in [4.69, 9.17) is 14.4 Å². The summed E-state index contributed by atoms with van der Waals surface area (Å²) in [6, 6.07) is 66.0. The summed E-state index contributed by atoms with van der Waals surface area (Å²) in [5.74, 6) is 0.677. The molecule has 3 aromatic heterocycles. The van der Waals surface area contributed by atoms with E-state index in [1.807, 2.05) is 35.6 Å². The molecule has 55 heavy (non-hydrogen) atoms. The van der Waals surface area contributed by atoms with Crippen LogP contribution in [0, 0.1) is 0 Å². The lowest BCUT2D eigenvalue weighted by Gasteiger charge is -2.26. The Morgan fingerprint density at radius 2 is 1.07 bits per heavy atom. The zero-order chi connectivity index (χ0) is 36.3. The third-order valence-corrected chi connectivity index (χ3v) is 11.6. The summed E-state index contributed by atoms with van der Waals surface area (Å²) < 4.78 is 9.47. The quantitative estimate of drug-likeness (QED) is 0.171. The first kappa shape index (κ1) is 31.4. The molecule has 0 aliphatic rings. The Bertz CT molecular complexity index is 3150. The number of rotatable bonds is 6. The van der Waals surface area contributed by atoms with Crippen LogP contribution in [0.2, 0.25) is 0 Å². The van der Waals surface area contributed by atoms with Crippen molar-refractivity contribution in [2.45, 2.75) is 0 Å². The van der Waals surface area contributed by atoms with Crippen molar-refractivity contribution in [2.24, 2.45) is 0 Å². The van der Waals surface area contributed by atoms with Crippen LogP contribution in [-0.2, 0) is 0 Å². The molecule has 11 rings (SSSR count). The highest BCUT2D eigenvalue weighted by molar-refractivity contribution is 7.26. The molecule has 8 aromatic carbocycles. The number of para-hydroxylation sites is 1. The summed E-state index contributed by atoms with van der Waals surface area (Å²) >= 11 is 1.82. The minimum absolute atomic E-state index is 0.677. The number of thiophene rings is 1. The maximum Gasteiger partial charge on any atom is 0.160 e. The third-order valence-electron chi connectivity index (χ3n) is 10.4. The van der Waals surface area contributed by atoms with Crippen LogP contribution in [0.25, 0.3) is 86.8 Å². The van der Waals surface area contributed by atoms with Gasteiger partial charge in [-0.2, -0.15) is 0 Å². The van der Waals surface area contributed by atoms with Gasteiger partial charge in [0.15, 0.2) is 11.4 Å². The van der Waals surface area contributed by atoms with E-state index >= 15 is 0 Å². The lowest BCUT2D eigenvalue weighted by Crippen LogP contribution is -2.10. The van der Waals surface area contributed by atoms with Gasteiger partial charge in [-0.05, 0) is 65.4 Å². The molecule has 0 atom stereocenters. The molecule has 0 fully saturated rings. The topological polar surface area (TPSA) is 42.2 Å². The molecule has 0 unspecified atom stereocenters. The van der Waals surface area contributed by atoms with Gasteiger partial charge in [0, 0.05) is 48.6 Å². The fourth-order valence-electron chi connectivity index (χ4n) is 7.82. The lowest BCUT2D eigenvalue weighted by molar-refractivity contribution is 0.669. The Kier molecular flexibility index (Phi) is 7.32. The van der Waals surface area contributed by atoms with E-state index in [-0.39, 0.29) is 0 Å². The molecule has 3 heterocycles. The van der Waals surface area contributed by atoms with Gasteiger partial charge in [0.05, 0.1) is 27.5 Å². The standard InChI is InChI=1S/C50H31N3OS/c1-4-15-32(16-5-1)42-31-43(52-50(51-42)33-17-6-2-7-18-33)36-28-41-40-27-34-19-10-11-20-35(34)30-46(40)54-48(41)45(29-36)53(37-21-8-3-9-22-37)44-25-14-24-39-38-23-12-13-26-47(38)55-49(39)44/h1-31H. The second-order valence-corrected chi connectivity index (χ2v) is 14.8. The van der Waals surface area contributed by atoms with Crippen LogP contribution in [0.15, 0.2) is 192 Å². The Morgan fingerprint density at radius 1 is 0.436 bits per heavy atom. The van der Waals surface area contributed by atoms with Crippen molar-refractivity contribution in [3.8, 4) is 33.9 Å². The van der Waals surface area contributed by atoms with Crippen LogP contribution >= 0.6 is 11.3 Å². The zero-order valence-corrected chi connectivity index (χ0v) is 30.4. The number of nitrogens with zero attached hydrogens (tertiary/aromatic N) is 3. The number of aromatic nitrogens is 2. The van der Waals surface area contributed by atoms with Crippen LogP contribution in [0.4, 0.5) is 17.1 Å². The predicted molar refractivity (Wildman–Crippen MR) is 231 cm³/mol. The van der Waals surface area contributed by atoms with Gasteiger partial charge >= 0.3 is 0 Å². The summed E-state index contributed by atoms with van der Waals surface area (Å²) in [4.78, 5) is 12.8. The number of furan rings is 1. The number of hydrogen-bond acceptors (Lipinski definition) is 5. The molecule has 0 radical (unpaired) electrons. The highest BCUT2D eigenvalue weighted by Gasteiger charge is 2.24. The van der Waals surface area contributed by atoms with Gasteiger partial charge in [-0.1, -0.05) is 133 Å². The van der Waals surface area contributed by atoms with Gasteiger partial charge < -0.3 is 9.32 Å². The predicted octanol–water partition coefficient (Wildman–Crippen LogP) is 14.4. The molecular formula is C50H31N3OS. The van der Waals surface area contributed by atoms with Crippen LogP contribution < -0.4 is 4.90 Å². The van der Waals surface area contributed by atoms with E-state index in [0.29, 0.717) is 5.82 Å². The molecule has 11 aromatic rings. The molecule has 0 spiro atoms. The van der Waals surface area contributed by atoms with E-state index in [0.717, 1.165) is 72.5 Å². The van der Waals surface area contributed by atoms with Gasteiger partial charge in [-0.25, -0.2) is 9.97 Å². The normalized spacial score (nSPS) is 11.6. The monoisotopic (exact) mass is 721 g/mol. The van der Waals surface area contributed by atoms with Gasteiger partial charge in [0.1, 0.15) is 5.58 Å². The Morgan fingerprint density at radius 3 is 1.85 bits per heavy atom. The summed E-state index contributed by atoms with van der Waals surface area (Å²) in [5, 5.41) is 6.89. The maximum absolute atomic E-state index is 6.99. The molecule has 0 saturated heterocycles. The van der Waals surface area contributed by atoms with Crippen LogP contribution in [0.1, 0.15) is 0 Å². The second kappa shape index (κ2) is 12.8. The molecule has 0 aliphatic heterocycles. The maximum atomic E-state index is 6.99. The van der Waals surface area contributed by atoms with Crippen molar-refractivity contribution in [1.29, 1.82) is 0 Å². The van der Waals surface area contributed by atoms with Gasteiger partial charge in [-0.15, -0.1) is 11.3 Å². The average Bonchev–Trinajstić information content (AvgIpc) is 3.82. The molecule has 0 N–H and O–H groups in total. The van der Waals surface area contributed by atoms with Crippen molar-refractivity contribution in [1.82, 2.24) is 9.97 Å². The fourth-order valence-corrected chi connectivity index (χ4v) is 9.03. The summed E-state index contributed by atoms with van der Waals surface area (Å²) in [5.41, 5.74) is 9.39. The highest BCUT2D eigenvalue weighted by Crippen LogP contribution is 2.49. The van der Waals surface area contributed by atoms with Crippen molar-refractivity contribution in [3.63, 3.8) is 0 Å². The first-order valence-corrected chi connectivity index (χ1v) is 19.2. The largest absolute Gasteiger partial charge is 0.454 e. The van der Waals surface area contributed by atoms with E-state index in [1.54, 1.807) is 0 Å². The molecule has 0 amide bonds. The molecule has 5 heteroatoms. The minimum atomic E-state index is 0.677. The minimum Gasteiger partial charge on any atom is -0.454 e. The van der Waals surface area contributed by atoms with Crippen molar-refractivity contribution in [2.75, 3.05) is 4.90 Å². The average molecular weight is 722 g/mol. The fraction of sp³-hybridized carbons (Fsp3) is 0. The van der Waals surface area contributed by atoms with E-state index < -0.39 is 0 Å². The number of hydrogen-bond donors (Lipinski definition) is 0. The summed E-state index contributed by atoms with van der Waals surface area (Å²) in [6.07, 6.45) is 0. The highest BCUT2D eigenvalue weighted by atomic mass is 32.1. The van der Waals surface area contributed by atoms with Crippen molar-refractivity contribution < 1.29 is 4.42 Å². The van der Waals surface area contributed by atoms with Crippen LogP contribution in [0.5, 0.6) is 0 Å². The number of fused-ring (bicyclic) bond motifs is 7. The van der Waals surface area contributed by atoms with Crippen LogP contribution in [0.3, 0.4) is 0 Å². The van der Waals surface area contributed by atoms with Crippen LogP contribution in [-0.4, -0.2) is 9.97 Å². The Balaban J connectivity index is 1.25. The smallest absolute Gasteiger partial charge is 0.160 e. The lowest BCUT2D eigenvalue weighted by atomic mass is 10.0. The van der Waals surface area contributed by atoms with Gasteiger partial charge in [-0.3, -0.25) is 0 Å². The molecule has 4 nitrogen and oxygen atoms in total. The van der Waals surface area contributed by atoms with E-state index in [9.17, 15) is 0 Å². The zero-order valence-electron chi connectivity index (χ0n) is 29.6. The van der Waals surface area contributed by atoms with E-state index in [1.165, 1.54) is 25.6 Å². The molecule has 258 valence electrons. The molecule has 0 saturated carbocycles. The van der Waals surface area contributed by atoms with Gasteiger partial charge in [0.25, 0.3) is 0 Å². The third kappa shape index (κ3) is 5.36. The van der Waals surface area contributed by atoms with Gasteiger partial charge in [0.2, 0.25) is 0 Å². The summed E-state index contributed by atoms with van der Waals surface area (Å²) in [7, 11) is 0. The number of anilines is 3. The SMILES string of the molecule is c1ccc(-c2cc(-c3cc(N(c4ccccc4)c4cccc5c4sc4ccccc45)c4oc5cc6ccccc6cc5c4c3)nc(-c3ccccc3)n2)cc1. The Labute approximate surface area is 321 Å². The van der Waals surface area contributed by atoms with Crippen molar-refractivity contribution >= 4 is 81.3 Å². The first-order chi connectivity index (χ1) is 27.2. The van der Waals surface area contributed by atoms with E-state index in [2.05, 4.69) is 169 Å².